The van der Waals surface area contributed by atoms with E-state index in [4.69, 9.17) is 0 Å². The topological polar surface area (TPSA) is 60.0 Å². The number of piperazine rings is 1. The van der Waals surface area contributed by atoms with Crippen LogP contribution >= 0.6 is 0 Å². The SMILES string of the molecule is CN=C(NCCc1ccc(F)cc1F)N1CCN(CC(=O)NC2CC2)CC1. The summed E-state index contributed by atoms with van der Waals surface area (Å²) >= 11 is 0. The zero-order valence-electron chi connectivity index (χ0n) is 15.7. The summed E-state index contributed by atoms with van der Waals surface area (Å²) in [6.45, 7) is 4.11. The molecule has 0 unspecified atom stereocenters. The molecule has 3 rings (SSSR count). The molecule has 1 amide bonds. The Kier molecular flexibility index (Phi) is 6.60. The van der Waals surface area contributed by atoms with Gasteiger partial charge in [-0.25, -0.2) is 8.78 Å². The molecule has 1 aromatic rings. The molecule has 0 bridgehead atoms. The third-order valence-electron chi connectivity index (χ3n) is 4.89. The maximum atomic E-state index is 13.7. The van der Waals surface area contributed by atoms with Crippen LogP contribution in [-0.4, -0.2) is 74.0 Å². The van der Waals surface area contributed by atoms with Gasteiger partial charge in [0.2, 0.25) is 5.91 Å². The third-order valence-corrected chi connectivity index (χ3v) is 4.89. The normalized spacial score (nSPS) is 18.5. The molecule has 0 aromatic heterocycles. The molecule has 2 N–H and O–H groups in total. The first-order valence-electron chi connectivity index (χ1n) is 9.46. The molecule has 6 nitrogen and oxygen atoms in total. The smallest absolute Gasteiger partial charge is 0.234 e. The molecule has 8 heteroatoms. The lowest BCUT2D eigenvalue weighted by atomic mass is 10.1. The lowest BCUT2D eigenvalue weighted by molar-refractivity contribution is -0.122. The largest absolute Gasteiger partial charge is 0.356 e. The van der Waals surface area contributed by atoms with Crippen LogP contribution in [0.4, 0.5) is 8.78 Å². The molecule has 2 fully saturated rings. The van der Waals surface area contributed by atoms with Crippen LogP contribution in [0.2, 0.25) is 0 Å². The van der Waals surface area contributed by atoms with Gasteiger partial charge in [-0.15, -0.1) is 0 Å². The Hall–Kier alpha value is -2.22. The van der Waals surface area contributed by atoms with Crippen LogP contribution in [-0.2, 0) is 11.2 Å². The number of halogens is 2. The lowest BCUT2D eigenvalue weighted by Crippen LogP contribution is -2.54. The zero-order valence-corrected chi connectivity index (χ0v) is 15.7. The summed E-state index contributed by atoms with van der Waals surface area (Å²) in [4.78, 5) is 20.5. The Morgan fingerprint density at radius 3 is 2.59 bits per heavy atom. The fraction of sp³-hybridized carbons (Fsp3) is 0.579. The van der Waals surface area contributed by atoms with Gasteiger partial charge in [0, 0.05) is 51.9 Å². The maximum Gasteiger partial charge on any atom is 0.234 e. The Bertz CT molecular complexity index is 685. The van der Waals surface area contributed by atoms with E-state index in [0.29, 0.717) is 31.1 Å². The number of rotatable bonds is 6. The van der Waals surface area contributed by atoms with Crippen molar-refractivity contribution in [2.75, 3.05) is 46.3 Å². The molecule has 2 aliphatic rings. The quantitative estimate of drug-likeness (QED) is 0.572. The van der Waals surface area contributed by atoms with E-state index in [1.807, 2.05) is 0 Å². The van der Waals surface area contributed by atoms with E-state index in [1.165, 1.54) is 12.1 Å². The Balaban J connectivity index is 1.40. The first-order valence-corrected chi connectivity index (χ1v) is 9.46. The van der Waals surface area contributed by atoms with Crippen LogP contribution in [0.5, 0.6) is 0 Å². The van der Waals surface area contributed by atoms with Gasteiger partial charge in [0.05, 0.1) is 6.54 Å². The van der Waals surface area contributed by atoms with Gasteiger partial charge in [-0.05, 0) is 30.9 Å². The van der Waals surface area contributed by atoms with Crippen LogP contribution in [0, 0.1) is 11.6 Å². The van der Waals surface area contributed by atoms with E-state index in [9.17, 15) is 13.6 Å². The first-order chi connectivity index (χ1) is 13.0. The summed E-state index contributed by atoms with van der Waals surface area (Å²) in [5.74, 6) is -0.219. The van der Waals surface area contributed by atoms with Crippen LogP contribution in [0.1, 0.15) is 18.4 Å². The minimum Gasteiger partial charge on any atom is -0.356 e. The molecule has 0 radical (unpaired) electrons. The van der Waals surface area contributed by atoms with Gasteiger partial charge in [0.25, 0.3) is 0 Å². The van der Waals surface area contributed by atoms with Crippen molar-refractivity contribution in [1.82, 2.24) is 20.4 Å². The number of hydrogen-bond acceptors (Lipinski definition) is 3. The fourth-order valence-electron chi connectivity index (χ4n) is 3.19. The van der Waals surface area contributed by atoms with E-state index < -0.39 is 11.6 Å². The molecule has 1 aliphatic carbocycles. The van der Waals surface area contributed by atoms with Gasteiger partial charge >= 0.3 is 0 Å². The van der Waals surface area contributed by atoms with Crippen molar-refractivity contribution >= 4 is 11.9 Å². The average Bonchev–Trinajstić information content (AvgIpc) is 3.45. The Morgan fingerprint density at radius 1 is 1.22 bits per heavy atom. The standard InChI is InChI=1S/C19H27F2N5O/c1-22-19(23-7-6-14-2-3-15(20)12-17(14)21)26-10-8-25(9-11-26)13-18(27)24-16-4-5-16/h2-3,12,16H,4-11,13H2,1H3,(H,22,23)(H,24,27). The summed E-state index contributed by atoms with van der Waals surface area (Å²) in [6.07, 6.45) is 2.65. The van der Waals surface area contributed by atoms with Gasteiger partial charge in [0.15, 0.2) is 5.96 Å². The minimum absolute atomic E-state index is 0.106. The molecular formula is C19H27F2N5O. The number of hydrogen-bond donors (Lipinski definition) is 2. The Morgan fingerprint density at radius 2 is 1.96 bits per heavy atom. The third kappa shape index (κ3) is 5.89. The predicted octanol–water partition coefficient (Wildman–Crippen LogP) is 0.979. The highest BCUT2D eigenvalue weighted by Gasteiger charge is 2.25. The van der Waals surface area contributed by atoms with E-state index in [2.05, 4.69) is 25.4 Å². The van der Waals surface area contributed by atoms with Gasteiger partial charge in [-0.1, -0.05) is 6.07 Å². The molecule has 1 heterocycles. The molecule has 1 aromatic carbocycles. The summed E-state index contributed by atoms with van der Waals surface area (Å²) in [5.41, 5.74) is 0.478. The Labute approximate surface area is 158 Å². The molecule has 148 valence electrons. The van der Waals surface area contributed by atoms with Crippen LogP contribution < -0.4 is 10.6 Å². The second kappa shape index (κ2) is 9.12. The zero-order chi connectivity index (χ0) is 19.2. The maximum absolute atomic E-state index is 13.7. The summed E-state index contributed by atoms with van der Waals surface area (Å²) in [7, 11) is 1.72. The number of nitrogens with zero attached hydrogens (tertiary/aromatic N) is 3. The summed E-state index contributed by atoms with van der Waals surface area (Å²) in [5, 5.41) is 6.25. The van der Waals surface area contributed by atoms with Crippen molar-refractivity contribution in [1.29, 1.82) is 0 Å². The van der Waals surface area contributed by atoms with Crippen LogP contribution in [0.25, 0.3) is 0 Å². The molecular weight excluding hydrogens is 352 g/mol. The lowest BCUT2D eigenvalue weighted by Gasteiger charge is -2.36. The predicted molar refractivity (Wildman–Crippen MR) is 101 cm³/mol. The molecule has 1 aliphatic heterocycles. The van der Waals surface area contributed by atoms with E-state index in [1.54, 1.807) is 7.05 Å². The van der Waals surface area contributed by atoms with Gasteiger partial charge in [-0.3, -0.25) is 14.7 Å². The van der Waals surface area contributed by atoms with Crippen LogP contribution in [0.15, 0.2) is 23.2 Å². The van der Waals surface area contributed by atoms with E-state index in [-0.39, 0.29) is 5.91 Å². The van der Waals surface area contributed by atoms with Gasteiger partial charge in [0.1, 0.15) is 11.6 Å². The van der Waals surface area contributed by atoms with Crippen molar-refractivity contribution in [3.05, 3.63) is 35.4 Å². The minimum atomic E-state index is -0.566. The summed E-state index contributed by atoms with van der Waals surface area (Å²) in [6, 6.07) is 4.04. The number of carbonyl (C=O) groups excluding carboxylic acids is 1. The van der Waals surface area contributed by atoms with Gasteiger partial charge in [-0.2, -0.15) is 0 Å². The number of guanidine groups is 1. The first kappa shape index (κ1) is 19.5. The number of aliphatic imine (C=N–C) groups is 1. The summed E-state index contributed by atoms with van der Waals surface area (Å²) < 4.78 is 26.7. The second-order valence-corrected chi connectivity index (χ2v) is 7.06. The van der Waals surface area contributed by atoms with Crippen molar-refractivity contribution in [3.8, 4) is 0 Å². The number of nitrogens with one attached hydrogen (secondary N) is 2. The number of amides is 1. The fourth-order valence-corrected chi connectivity index (χ4v) is 3.19. The molecule has 0 spiro atoms. The monoisotopic (exact) mass is 379 g/mol. The van der Waals surface area contributed by atoms with Crippen molar-refractivity contribution in [2.24, 2.45) is 4.99 Å². The van der Waals surface area contributed by atoms with Gasteiger partial charge < -0.3 is 15.5 Å². The molecule has 1 saturated heterocycles. The highest BCUT2D eigenvalue weighted by Crippen LogP contribution is 2.18. The molecule has 27 heavy (non-hydrogen) atoms. The van der Waals surface area contributed by atoms with Crippen LogP contribution in [0.3, 0.4) is 0 Å². The number of carbonyl (C=O) groups is 1. The van der Waals surface area contributed by atoms with Crippen molar-refractivity contribution in [2.45, 2.75) is 25.3 Å². The van der Waals surface area contributed by atoms with E-state index >= 15 is 0 Å². The van der Waals surface area contributed by atoms with Crippen molar-refractivity contribution < 1.29 is 13.6 Å². The molecule has 1 saturated carbocycles. The molecule has 0 atom stereocenters. The van der Waals surface area contributed by atoms with Crippen molar-refractivity contribution in [3.63, 3.8) is 0 Å². The second-order valence-electron chi connectivity index (χ2n) is 7.06. The number of benzene rings is 1. The highest BCUT2D eigenvalue weighted by atomic mass is 19.1. The average molecular weight is 379 g/mol. The highest BCUT2D eigenvalue weighted by molar-refractivity contribution is 5.80. The van der Waals surface area contributed by atoms with E-state index in [0.717, 1.165) is 51.0 Å².